The van der Waals surface area contributed by atoms with Crippen LogP contribution in [0, 0.1) is 10.1 Å². The van der Waals surface area contributed by atoms with Gasteiger partial charge < -0.3 is 4.65 Å². The van der Waals surface area contributed by atoms with Crippen molar-refractivity contribution in [3.8, 4) is 0 Å². The van der Waals surface area contributed by atoms with Crippen LogP contribution in [0.3, 0.4) is 0 Å². The van der Waals surface area contributed by atoms with Crippen molar-refractivity contribution < 1.29 is 9.49 Å². The van der Waals surface area contributed by atoms with Crippen LogP contribution in [0.1, 0.15) is 0 Å². The zero-order chi connectivity index (χ0) is 4.99. The summed E-state index contributed by atoms with van der Waals surface area (Å²) in [5.41, 5.74) is 0. The van der Waals surface area contributed by atoms with Gasteiger partial charge in [-0.25, -0.2) is 0 Å². The molecule has 6 heavy (non-hydrogen) atoms. The van der Waals surface area contributed by atoms with Crippen molar-refractivity contribution in [2.24, 2.45) is 0 Å². The minimum Gasteiger partial charge on any atom is -0.372 e. The predicted octanol–water partition coefficient (Wildman–Crippen LogP) is -0.556. The molecule has 0 saturated heterocycles. The molecular weight excluding hydrogens is 84.8 g/mol. The topological polar surface area (TPSA) is 52.4 Å². The van der Waals surface area contributed by atoms with Crippen LogP contribution in [0.5, 0.6) is 0 Å². The number of nitro groups is 1. The fourth-order valence-electron chi connectivity index (χ4n) is 0.0861. The van der Waals surface area contributed by atoms with Crippen LogP contribution in [0.15, 0.2) is 0 Å². The van der Waals surface area contributed by atoms with Gasteiger partial charge in [-0.2, -0.15) is 0 Å². The summed E-state index contributed by atoms with van der Waals surface area (Å²) in [5, 5.41) is 9.22. The van der Waals surface area contributed by atoms with Gasteiger partial charge in [-0.3, -0.25) is 10.1 Å². The van der Waals surface area contributed by atoms with E-state index in [1.807, 2.05) is 0 Å². The maximum Gasteiger partial charge on any atom is 0.804 e. The second-order valence-electron chi connectivity index (χ2n) is 0.626. The molecule has 0 aromatic heterocycles. The fourth-order valence-corrected chi connectivity index (χ4v) is 0.0861. The van der Waals surface area contributed by atoms with Gasteiger partial charge in [-0.15, -0.1) is 0 Å². The van der Waals surface area contributed by atoms with E-state index in [9.17, 15) is 10.1 Å². The average molecular weight is 87.9 g/mol. The highest BCUT2D eigenvalue weighted by Crippen LogP contribution is 1.59. The third kappa shape index (κ3) is 3.42. The van der Waals surface area contributed by atoms with Crippen molar-refractivity contribution in [1.82, 2.24) is 0 Å². The largest absolute Gasteiger partial charge is 0.804 e. The van der Waals surface area contributed by atoms with Gasteiger partial charge in [0.1, 0.15) is 0 Å². The standard InChI is InChI=1S/CH3BNO3/c1-6-2-3(4)5/h1H3. The first kappa shape index (κ1) is 5.42. The SMILES string of the molecule is CO[B][N+](=O)[O-]. The third-order valence-electron chi connectivity index (χ3n) is 0.191. The number of rotatable bonds is 2. The van der Waals surface area contributed by atoms with Crippen LogP contribution in [-0.4, -0.2) is 19.6 Å². The van der Waals surface area contributed by atoms with Crippen molar-refractivity contribution >= 4 is 7.62 Å². The van der Waals surface area contributed by atoms with E-state index >= 15 is 0 Å². The van der Waals surface area contributed by atoms with Crippen LogP contribution in [0.2, 0.25) is 0 Å². The molecule has 33 valence electrons. The first-order chi connectivity index (χ1) is 2.77. The van der Waals surface area contributed by atoms with Crippen molar-refractivity contribution in [2.45, 2.75) is 0 Å². The van der Waals surface area contributed by atoms with E-state index in [0.29, 0.717) is 7.62 Å². The lowest BCUT2D eigenvalue weighted by atomic mass is 10.3. The fraction of sp³-hybridized carbons (Fsp3) is 1.00. The molecule has 1 radical (unpaired) electrons. The summed E-state index contributed by atoms with van der Waals surface area (Å²) in [7, 11) is 1.74. The highest BCUT2D eigenvalue weighted by atomic mass is 16.6. The lowest BCUT2D eigenvalue weighted by molar-refractivity contribution is -0.337. The Morgan fingerprint density at radius 1 is 2.00 bits per heavy atom. The summed E-state index contributed by atoms with van der Waals surface area (Å²) in [4.78, 5) is 8.56. The van der Waals surface area contributed by atoms with Crippen LogP contribution < -0.4 is 0 Å². The van der Waals surface area contributed by atoms with Gasteiger partial charge in [0.05, 0.1) is 0 Å². The number of hydrogen-bond acceptors (Lipinski definition) is 3. The number of nitrogens with zero attached hydrogens (tertiary/aromatic N) is 1. The molecule has 0 aromatic carbocycles. The van der Waals surface area contributed by atoms with Gasteiger partial charge in [0, 0.05) is 7.11 Å². The summed E-state index contributed by atoms with van der Waals surface area (Å²) in [6.45, 7) is 0. The molecule has 0 unspecified atom stereocenters. The number of hydrogen-bond donors (Lipinski definition) is 0. The monoisotopic (exact) mass is 88.0 g/mol. The molecule has 0 aliphatic rings. The van der Waals surface area contributed by atoms with Crippen LogP contribution >= 0.6 is 0 Å². The van der Waals surface area contributed by atoms with Gasteiger partial charge in [-0.1, -0.05) is 0 Å². The Hall–Kier alpha value is -0.575. The normalized spacial score (nSPS) is 7.50. The highest BCUT2D eigenvalue weighted by molar-refractivity contribution is 6.15. The van der Waals surface area contributed by atoms with Crippen LogP contribution in [0.25, 0.3) is 0 Å². The molecule has 0 aliphatic carbocycles. The predicted molar refractivity (Wildman–Crippen MR) is 19.8 cm³/mol. The van der Waals surface area contributed by atoms with E-state index in [2.05, 4.69) is 4.65 Å². The first-order valence-corrected chi connectivity index (χ1v) is 1.27. The van der Waals surface area contributed by atoms with Gasteiger partial charge in [-0.05, 0) is 4.83 Å². The summed E-state index contributed by atoms with van der Waals surface area (Å²) in [6.07, 6.45) is 0. The lowest BCUT2D eigenvalue weighted by Gasteiger charge is -1.77. The second-order valence-corrected chi connectivity index (χ2v) is 0.626. The smallest absolute Gasteiger partial charge is 0.372 e. The van der Waals surface area contributed by atoms with E-state index < -0.39 is 4.83 Å². The average Bonchev–Trinajstić information content (AvgIpc) is 1.35. The molecule has 0 rings (SSSR count). The summed E-state index contributed by atoms with van der Waals surface area (Å²) in [5.74, 6) is 0. The molecule has 0 aromatic rings. The highest BCUT2D eigenvalue weighted by Gasteiger charge is 2.04. The van der Waals surface area contributed by atoms with Crippen LogP contribution in [-0.2, 0) is 4.65 Å². The van der Waals surface area contributed by atoms with E-state index in [-0.39, 0.29) is 0 Å². The molecular formula is CH3BNO3. The van der Waals surface area contributed by atoms with Crippen molar-refractivity contribution in [1.29, 1.82) is 0 Å². The van der Waals surface area contributed by atoms with Gasteiger partial charge >= 0.3 is 7.62 Å². The van der Waals surface area contributed by atoms with E-state index in [1.54, 1.807) is 0 Å². The third-order valence-corrected chi connectivity index (χ3v) is 0.191. The molecule has 0 fully saturated rings. The second kappa shape index (κ2) is 2.65. The van der Waals surface area contributed by atoms with Crippen molar-refractivity contribution in [2.75, 3.05) is 7.11 Å². The van der Waals surface area contributed by atoms with E-state index in [0.717, 1.165) is 0 Å². The molecule has 5 heteroatoms. The van der Waals surface area contributed by atoms with Crippen LogP contribution in [0.4, 0.5) is 0 Å². The molecule has 0 atom stereocenters. The molecule has 0 N–H and O–H groups in total. The maximum absolute atomic E-state index is 9.22. The quantitative estimate of drug-likeness (QED) is 0.258. The Morgan fingerprint density at radius 3 is 2.50 bits per heavy atom. The van der Waals surface area contributed by atoms with Crippen molar-refractivity contribution in [3.05, 3.63) is 10.1 Å². The maximum atomic E-state index is 9.22. The summed E-state index contributed by atoms with van der Waals surface area (Å²) < 4.78 is 3.98. The van der Waals surface area contributed by atoms with Gasteiger partial charge in [0.2, 0.25) is 0 Å². The van der Waals surface area contributed by atoms with E-state index in [4.69, 9.17) is 0 Å². The Bertz CT molecular complexity index is 54.8. The zero-order valence-electron chi connectivity index (χ0n) is 3.25. The lowest BCUT2D eigenvalue weighted by Crippen LogP contribution is -2.06. The Morgan fingerprint density at radius 2 is 2.50 bits per heavy atom. The Labute approximate surface area is 35.6 Å². The summed E-state index contributed by atoms with van der Waals surface area (Å²) in [6, 6.07) is 0. The van der Waals surface area contributed by atoms with Gasteiger partial charge in [0.25, 0.3) is 0 Å². The Balaban J connectivity index is 2.83. The molecule has 0 aliphatic heterocycles. The molecule has 0 heterocycles. The molecule has 0 amide bonds. The van der Waals surface area contributed by atoms with Gasteiger partial charge in [0.15, 0.2) is 0 Å². The minimum absolute atomic E-state index is 0.514. The minimum atomic E-state index is -0.667. The summed E-state index contributed by atoms with van der Waals surface area (Å²) >= 11 is 0. The van der Waals surface area contributed by atoms with E-state index in [1.165, 1.54) is 7.11 Å². The zero-order valence-corrected chi connectivity index (χ0v) is 3.25. The molecule has 0 spiro atoms. The first-order valence-electron chi connectivity index (χ1n) is 1.27. The molecule has 0 bridgehead atoms. The van der Waals surface area contributed by atoms with Crippen molar-refractivity contribution in [3.63, 3.8) is 0 Å². The Kier molecular flexibility index (Phi) is 2.40. The molecule has 0 saturated carbocycles. The molecule has 4 nitrogen and oxygen atoms in total.